The summed E-state index contributed by atoms with van der Waals surface area (Å²) in [7, 11) is 1.28. The Morgan fingerprint density at radius 2 is 1.96 bits per heavy atom. The molecule has 7 heteroatoms. The third-order valence-electron chi connectivity index (χ3n) is 3.60. The summed E-state index contributed by atoms with van der Waals surface area (Å²) >= 11 is 0. The van der Waals surface area contributed by atoms with Crippen LogP contribution in [0, 0.1) is 5.82 Å². The first kappa shape index (κ1) is 19.2. The molecular formula is C16H18F4O3. The highest BCUT2D eigenvalue weighted by molar-refractivity contribution is 5.77. The van der Waals surface area contributed by atoms with Gasteiger partial charge in [-0.1, -0.05) is 13.0 Å². The third-order valence-corrected chi connectivity index (χ3v) is 3.60. The van der Waals surface area contributed by atoms with E-state index in [1.807, 2.05) is 0 Å². The maximum Gasteiger partial charge on any atom is 0.424 e. The molecule has 0 bridgehead atoms. The third kappa shape index (κ3) is 3.72. The summed E-state index contributed by atoms with van der Waals surface area (Å²) in [6.45, 7) is 3.14. The van der Waals surface area contributed by atoms with Crippen LogP contribution in [-0.2, 0) is 11.2 Å². The van der Waals surface area contributed by atoms with Crippen molar-refractivity contribution < 1.29 is 32.2 Å². The number of carbonyl (C=O) groups excluding carboxylic acids is 1. The van der Waals surface area contributed by atoms with Gasteiger partial charge in [0.25, 0.3) is 0 Å². The molecule has 0 aliphatic rings. The first-order valence-electron chi connectivity index (χ1n) is 6.91. The molecule has 0 fully saturated rings. The quantitative estimate of drug-likeness (QED) is 0.638. The van der Waals surface area contributed by atoms with Crippen LogP contribution in [0.2, 0.25) is 0 Å². The average Bonchev–Trinajstić information content (AvgIpc) is 2.50. The molecule has 1 aromatic rings. The van der Waals surface area contributed by atoms with Gasteiger partial charge in [0.15, 0.2) is 6.29 Å². The molecule has 1 atom stereocenters. The van der Waals surface area contributed by atoms with Crippen molar-refractivity contribution in [3.63, 3.8) is 0 Å². The fraction of sp³-hybridized carbons (Fsp3) is 0.438. The molecule has 0 saturated heterocycles. The van der Waals surface area contributed by atoms with Gasteiger partial charge in [0, 0.05) is 17.5 Å². The van der Waals surface area contributed by atoms with E-state index >= 15 is 0 Å². The van der Waals surface area contributed by atoms with E-state index in [0.717, 1.165) is 6.07 Å². The molecule has 0 saturated carbocycles. The van der Waals surface area contributed by atoms with E-state index in [1.54, 1.807) is 6.92 Å². The topological polar surface area (TPSA) is 46.5 Å². The standard InChI is InChI=1S/C16H18F4O3/c1-4-10(8-15(22,9-21)16(18,19)20)12-6-7-13(17)11(5-2)14(12)23-3/h4,6-7,9,22H,5,8H2,1-3H3. The van der Waals surface area contributed by atoms with Crippen molar-refractivity contribution in [1.82, 2.24) is 0 Å². The van der Waals surface area contributed by atoms with Crippen LogP contribution in [0.1, 0.15) is 31.4 Å². The van der Waals surface area contributed by atoms with E-state index in [9.17, 15) is 27.5 Å². The maximum absolute atomic E-state index is 13.8. The predicted molar refractivity (Wildman–Crippen MR) is 77.7 cm³/mol. The van der Waals surface area contributed by atoms with E-state index in [4.69, 9.17) is 4.74 Å². The van der Waals surface area contributed by atoms with Crippen molar-refractivity contribution in [3.8, 4) is 5.75 Å². The van der Waals surface area contributed by atoms with Gasteiger partial charge in [-0.25, -0.2) is 4.39 Å². The highest BCUT2D eigenvalue weighted by Crippen LogP contribution is 2.40. The number of aldehydes is 1. The molecule has 1 N–H and O–H groups in total. The molecule has 128 valence electrons. The summed E-state index contributed by atoms with van der Waals surface area (Å²) in [5.74, 6) is -0.443. The number of benzene rings is 1. The van der Waals surface area contributed by atoms with Gasteiger partial charge in [-0.15, -0.1) is 0 Å². The van der Waals surface area contributed by atoms with E-state index in [1.165, 1.54) is 26.2 Å². The van der Waals surface area contributed by atoms with Crippen molar-refractivity contribution in [3.05, 3.63) is 35.2 Å². The summed E-state index contributed by atoms with van der Waals surface area (Å²) in [6, 6.07) is 2.39. The number of alkyl halides is 3. The lowest BCUT2D eigenvalue weighted by Gasteiger charge is -2.26. The summed E-state index contributed by atoms with van der Waals surface area (Å²) < 4.78 is 57.7. The van der Waals surface area contributed by atoms with Gasteiger partial charge in [0.05, 0.1) is 7.11 Å². The number of allylic oxidation sites excluding steroid dienone is 1. The molecule has 0 aliphatic heterocycles. The second kappa shape index (κ2) is 7.12. The van der Waals surface area contributed by atoms with Crippen molar-refractivity contribution in [1.29, 1.82) is 0 Å². The smallest absolute Gasteiger partial charge is 0.424 e. The fourth-order valence-electron chi connectivity index (χ4n) is 2.27. The molecule has 0 spiro atoms. The van der Waals surface area contributed by atoms with Crippen molar-refractivity contribution >= 4 is 11.9 Å². The number of carbonyl (C=O) groups is 1. The van der Waals surface area contributed by atoms with Gasteiger partial charge in [-0.3, -0.25) is 4.79 Å². The SMILES string of the molecule is CC=C(CC(O)(C=O)C(F)(F)F)c1ccc(F)c(CC)c1OC. The lowest BCUT2D eigenvalue weighted by atomic mass is 9.89. The number of hydrogen-bond acceptors (Lipinski definition) is 3. The largest absolute Gasteiger partial charge is 0.496 e. The van der Waals surface area contributed by atoms with Crippen LogP contribution >= 0.6 is 0 Å². The molecule has 0 aromatic heterocycles. The van der Waals surface area contributed by atoms with Gasteiger partial charge in [0.1, 0.15) is 11.6 Å². The van der Waals surface area contributed by atoms with Crippen LogP contribution in [0.15, 0.2) is 18.2 Å². The summed E-state index contributed by atoms with van der Waals surface area (Å²) in [6.07, 6.45) is -5.04. The van der Waals surface area contributed by atoms with Crippen molar-refractivity contribution in [2.75, 3.05) is 7.11 Å². The minimum Gasteiger partial charge on any atom is -0.496 e. The number of ether oxygens (including phenoxy) is 1. The number of methoxy groups -OCH3 is 1. The average molecular weight is 334 g/mol. The van der Waals surface area contributed by atoms with Crippen LogP contribution < -0.4 is 4.74 Å². The highest BCUT2D eigenvalue weighted by atomic mass is 19.4. The van der Waals surface area contributed by atoms with Gasteiger partial charge in [-0.2, -0.15) is 13.2 Å². The van der Waals surface area contributed by atoms with E-state index in [-0.39, 0.29) is 28.9 Å². The van der Waals surface area contributed by atoms with Crippen LogP contribution in [0.5, 0.6) is 5.75 Å². The summed E-state index contributed by atoms with van der Waals surface area (Å²) in [4.78, 5) is 10.8. The van der Waals surface area contributed by atoms with Gasteiger partial charge >= 0.3 is 6.18 Å². The van der Waals surface area contributed by atoms with Crippen LogP contribution in [0.3, 0.4) is 0 Å². The summed E-state index contributed by atoms with van der Waals surface area (Å²) in [5.41, 5.74) is -3.06. The molecule has 0 amide bonds. The molecular weight excluding hydrogens is 316 g/mol. The predicted octanol–water partition coefficient (Wildman–Crippen LogP) is 3.68. The minimum absolute atomic E-state index is 0.0310. The van der Waals surface area contributed by atoms with Crippen molar-refractivity contribution in [2.24, 2.45) is 0 Å². The van der Waals surface area contributed by atoms with Gasteiger partial charge in [0.2, 0.25) is 5.60 Å². The van der Waals surface area contributed by atoms with E-state index in [0.29, 0.717) is 0 Å². The van der Waals surface area contributed by atoms with Crippen LogP contribution in [-0.4, -0.2) is 30.3 Å². The molecule has 0 radical (unpaired) electrons. The van der Waals surface area contributed by atoms with Crippen molar-refractivity contribution in [2.45, 2.75) is 38.5 Å². The second-order valence-electron chi connectivity index (χ2n) is 4.99. The van der Waals surface area contributed by atoms with Crippen LogP contribution in [0.25, 0.3) is 5.57 Å². The zero-order chi connectivity index (χ0) is 17.8. The Bertz CT molecular complexity index is 608. The Morgan fingerprint density at radius 1 is 1.35 bits per heavy atom. The Morgan fingerprint density at radius 3 is 2.35 bits per heavy atom. The molecule has 0 heterocycles. The van der Waals surface area contributed by atoms with Gasteiger partial charge < -0.3 is 9.84 Å². The molecule has 1 rings (SSSR count). The zero-order valence-electron chi connectivity index (χ0n) is 13.0. The first-order chi connectivity index (χ1) is 10.6. The minimum atomic E-state index is -5.12. The second-order valence-corrected chi connectivity index (χ2v) is 4.99. The molecule has 1 aromatic carbocycles. The molecule has 23 heavy (non-hydrogen) atoms. The van der Waals surface area contributed by atoms with E-state index in [2.05, 4.69) is 0 Å². The Kier molecular flexibility index (Phi) is 5.93. The summed E-state index contributed by atoms with van der Waals surface area (Å²) in [5, 5.41) is 9.62. The van der Waals surface area contributed by atoms with Gasteiger partial charge in [-0.05, 0) is 31.1 Å². The Labute approximate surface area is 131 Å². The number of aliphatic hydroxyl groups is 1. The maximum atomic E-state index is 13.8. The van der Waals surface area contributed by atoms with Crippen LogP contribution in [0.4, 0.5) is 17.6 Å². The first-order valence-corrected chi connectivity index (χ1v) is 6.91. The molecule has 3 nitrogen and oxygen atoms in total. The normalized spacial score (nSPS) is 15.2. The number of hydrogen-bond donors (Lipinski definition) is 1. The Hall–Kier alpha value is -1.89. The lowest BCUT2D eigenvalue weighted by molar-refractivity contribution is -0.242. The lowest BCUT2D eigenvalue weighted by Crippen LogP contribution is -2.46. The monoisotopic (exact) mass is 334 g/mol. The number of rotatable bonds is 6. The zero-order valence-corrected chi connectivity index (χ0v) is 13.0. The molecule has 1 unspecified atom stereocenters. The molecule has 0 aliphatic carbocycles. The number of halogens is 4. The Balaban J connectivity index is 3.41. The fourth-order valence-corrected chi connectivity index (χ4v) is 2.27. The van der Waals surface area contributed by atoms with E-state index < -0.39 is 30.3 Å². The highest BCUT2D eigenvalue weighted by Gasteiger charge is 2.54.